The highest BCUT2D eigenvalue weighted by Gasteiger charge is 2.28. The zero-order valence-corrected chi connectivity index (χ0v) is 16.2. The molecule has 8 heteroatoms. The van der Waals surface area contributed by atoms with Gasteiger partial charge in [-0.15, -0.1) is 0 Å². The number of benzene rings is 2. The minimum Gasteiger partial charge on any atom is -0.484 e. The number of alkyl halides is 3. The quantitative estimate of drug-likeness (QED) is 0.807. The number of amides is 2. The van der Waals surface area contributed by atoms with Gasteiger partial charge in [0, 0.05) is 31.9 Å². The van der Waals surface area contributed by atoms with E-state index in [9.17, 15) is 18.0 Å². The second-order valence-electron chi connectivity index (χ2n) is 6.95. The fourth-order valence-electron chi connectivity index (χ4n) is 3.18. The van der Waals surface area contributed by atoms with Crippen LogP contribution in [0.5, 0.6) is 5.75 Å². The lowest BCUT2D eigenvalue weighted by atomic mass is 10.1. The maximum Gasteiger partial charge on any atom is 0.422 e. The van der Waals surface area contributed by atoms with Gasteiger partial charge >= 0.3 is 12.2 Å². The molecule has 0 aliphatic carbocycles. The molecule has 1 aliphatic rings. The van der Waals surface area contributed by atoms with Crippen molar-refractivity contribution in [2.75, 3.05) is 37.7 Å². The second kappa shape index (κ2) is 9.07. The molecule has 2 aromatic rings. The van der Waals surface area contributed by atoms with Crippen molar-refractivity contribution in [1.29, 1.82) is 0 Å². The molecule has 0 bridgehead atoms. The number of piperazine rings is 1. The van der Waals surface area contributed by atoms with Crippen LogP contribution in [0.25, 0.3) is 0 Å². The van der Waals surface area contributed by atoms with Crippen LogP contribution < -0.4 is 15.0 Å². The number of anilines is 1. The molecule has 0 radical (unpaired) electrons. The summed E-state index contributed by atoms with van der Waals surface area (Å²) in [5.74, 6) is 0.140. The van der Waals surface area contributed by atoms with Crippen molar-refractivity contribution in [3.05, 3.63) is 60.2 Å². The van der Waals surface area contributed by atoms with Crippen LogP contribution >= 0.6 is 0 Å². The molecule has 1 atom stereocenters. The van der Waals surface area contributed by atoms with Crippen molar-refractivity contribution in [2.24, 2.45) is 0 Å². The second-order valence-corrected chi connectivity index (χ2v) is 6.95. The van der Waals surface area contributed by atoms with Gasteiger partial charge in [0.2, 0.25) is 0 Å². The molecule has 1 aliphatic heterocycles. The van der Waals surface area contributed by atoms with Gasteiger partial charge in [0.05, 0.1) is 6.04 Å². The normalized spacial score (nSPS) is 15.7. The molecule has 3 rings (SSSR count). The van der Waals surface area contributed by atoms with Crippen LogP contribution in [0.4, 0.5) is 23.7 Å². The monoisotopic (exact) mass is 407 g/mol. The van der Waals surface area contributed by atoms with Crippen molar-refractivity contribution in [3.8, 4) is 5.75 Å². The molecule has 1 N–H and O–H groups in total. The van der Waals surface area contributed by atoms with Crippen LogP contribution in [-0.2, 0) is 0 Å². The highest BCUT2D eigenvalue weighted by Crippen LogP contribution is 2.21. The van der Waals surface area contributed by atoms with Crippen LogP contribution in [0.1, 0.15) is 18.5 Å². The van der Waals surface area contributed by atoms with Crippen molar-refractivity contribution in [3.63, 3.8) is 0 Å². The van der Waals surface area contributed by atoms with Crippen molar-refractivity contribution < 1.29 is 22.7 Å². The molecule has 1 heterocycles. The zero-order valence-electron chi connectivity index (χ0n) is 16.2. The van der Waals surface area contributed by atoms with E-state index < -0.39 is 12.8 Å². The molecule has 156 valence electrons. The number of rotatable bonds is 5. The summed E-state index contributed by atoms with van der Waals surface area (Å²) >= 11 is 0. The first-order chi connectivity index (χ1) is 13.8. The highest BCUT2D eigenvalue weighted by molar-refractivity contribution is 5.75. The van der Waals surface area contributed by atoms with Crippen molar-refractivity contribution >= 4 is 11.7 Å². The Labute approximate surface area is 168 Å². The first kappa shape index (κ1) is 20.8. The molecule has 0 saturated carbocycles. The third-order valence-corrected chi connectivity index (χ3v) is 4.81. The summed E-state index contributed by atoms with van der Waals surface area (Å²) < 4.78 is 41.3. The summed E-state index contributed by atoms with van der Waals surface area (Å²) in [6.45, 7) is 3.28. The summed E-state index contributed by atoms with van der Waals surface area (Å²) in [6.07, 6.45) is -4.37. The Morgan fingerprint density at radius 3 is 2.24 bits per heavy atom. The average Bonchev–Trinajstić information content (AvgIpc) is 2.73. The maximum absolute atomic E-state index is 12.6. The number of ether oxygens (including phenoxy) is 1. The number of halogens is 3. The third kappa shape index (κ3) is 6.04. The Bertz CT molecular complexity index is 789. The lowest BCUT2D eigenvalue weighted by Crippen LogP contribution is -2.52. The highest BCUT2D eigenvalue weighted by atomic mass is 19.4. The molecule has 0 spiro atoms. The van der Waals surface area contributed by atoms with Gasteiger partial charge in [0.15, 0.2) is 6.61 Å². The maximum atomic E-state index is 12.6. The van der Waals surface area contributed by atoms with Gasteiger partial charge < -0.3 is 19.9 Å². The number of nitrogens with one attached hydrogen (secondary N) is 1. The summed E-state index contributed by atoms with van der Waals surface area (Å²) in [7, 11) is 0. The van der Waals surface area contributed by atoms with Crippen molar-refractivity contribution in [1.82, 2.24) is 10.2 Å². The number of nitrogens with zero attached hydrogens (tertiary/aromatic N) is 2. The van der Waals surface area contributed by atoms with E-state index >= 15 is 0 Å². The lowest BCUT2D eigenvalue weighted by molar-refractivity contribution is -0.153. The molecule has 1 saturated heterocycles. The first-order valence-electron chi connectivity index (χ1n) is 9.47. The Kier molecular flexibility index (Phi) is 6.51. The van der Waals surface area contributed by atoms with E-state index in [2.05, 4.69) is 22.3 Å². The Morgan fingerprint density at radius 1 is 1.03 bits per heavy atom. The molecular weight excluding hydrogens is 383 g/mol. The Morgan fingerprint density at radius 2 is 1.66 bits per heavy atom. The number of carbonyl (C=O) groups is 1. The predicted octanol–water partition coefficient (Wildman–Crippen LogP) is 4.22. The molecule has 1 unspecified atom stereocenters. The molecular formula is C21H24F3N3O2. The number of urea groups is 1. The van der Waals surface area contributed by atoms with E-state index in [1.165, 1.54) is 12.1 Å². The van der Waals surface area contributed by atoms with Crippen LogP contribution in [-0.4, -0.2) is 49.9 Å². The smallest absolute Gasteiger partial charge is 0.422 e. The van der Waals surface area contributed by atoms with E-state index in [1.54, 1.807) is 17.0 Å². The van der Waals surface area contributed by atoms with Gasteiger partial charge in [-0.3, -0.25) is 0 Å². The van der Waals surface area contributed by atoms with Crippen molar-refractivity contribution in [2.45, 2.75) is 19.1 Å². The molecule has 0 aromatic heterocycles. The van der Waals surface area contributed by atoms with Gasteiger partial charge in [-0.1, -0.05) is 30.3 Å². The van der Waals surface area contributed by atoms with E-state index in [0.717, 1.165) is 24.3 Å². The van der Waals surface area contributed by atoms with Crippen LogP contribution in [0.2, 0.25) is 0 Å². The minimum absolute atomic E-state index is 0.140. The number of para-hydroxylation sites is 1. The summed E-state index contributed by atoms with van der Waals surface area (Å²) in [5, 5.41) is 2.94. The van der Waals surface area contributed by atoms with E-state index in [-0.39, 0.29) is 17.8 Å². The number of hydrogen-bond donors (Lipinski definition) is 1. The van der Waals surface area contributed by atoms with E-state index in [4.69, 9.17) is 4.74 Å². The predicted molar refractivity (Wildman–Crippen MR) is 105 cm³/mol. The van der Waals surface area contributed by atoms with Crippen LogP contribution in [0.3, 0.4) is 0 Å². The third-order valence-electron chi connectivity index (χ3n) is 4.81. The zero-order chi connectivity index (χ0) is 20.9. The molecule has 2 aromatic carbocycles. The van der Waals surface area contributed by atoms with Gasteiger partial charge in [0.1, 0.15) is 5.75 Å². The topological polar surface area (TPSA) is 44.8 Å². The molecule has 1 fully saturated rings. The molecule has 29 heavy (non-hydrogen) atoms. The largest absolute Gasteiger partial charge is 0.484 e. The molecule has 5 nitrogen and oxygen atoms in total. The standard InChI is InChI=1S/C21H24F3N3O2/c1-16(17-7-9-19(10-8-17)29-15-21(22,23)24)25-20(28)27-13-11-26(12-14-27)18-5-3-2-4-6-18/h2-10,16H,11-15H2,1H3,(H,25,28). The summed E-state index contributed by atoms with van der Waals surface area (Å²) in [5.41, 5.74) is 1.94. The van der Waals surface area contributed by atoms with Crippen LogP contribution in [0.15, 0.2) is 54.6 Å². The van der Waals surface area contributed by atoms with E-state index in [1.807, 2.05) is 25.1 Å². The lowest BCUT2D eigenvalue weighted by Gasteiger charge is -2.36. The van der Waals surface area contributed by atoms with Gasteiger partial charge in [-0.05, 0) is 36.8 Å². The SMILES string of the molecule is CC(NC(=O)N1CCN(c2ccccc2)CC1)c1ccc(OCC(F)(F)F)cc1. The summed E-state index contributed by atoms with van der Waals surface area (Å²) in [6, 6.07) is 15.9. The van der Waals surface area contributed by atoms with E-state index in [0.29, 0.717) is 13.1 Å². The fraction of sp³-hybridized carbons (Fsp3) is 0.381. The summed E-state index contributed by atoms with van der Waals surface area (Å²) in [4.78, 5) is 16.6. The average molecular weight is 407 g/mol. The Hall–Kier alpha value is -2.90. The van der Waals surface area contributed by atoms with Crippen LogP contribution in [0, 0.1) is 0 Å². The minimum atomic E-state index is -4.37. The molecule has 2 amide bonds. The van der Waals surface area contributed by atoms with Gasteiger partial charge in [0.25, 0.3) is 0 Å². The fourth-order valence-corrected chi connectivity index (χ4v) is 3.18. The number of carbonyl (C=O) groups excluding carboxylic acids is 1. The number of hydrogen-bond acceptors (Lipinski definition) is 3. The Balaban J connectivity index is 1.48. The van der Waals surface area contributed by atoms with Gasteiger partial charge in [-0.25, -0.2) is 4.79 Å². The first-order valence-corrected chi connectivity index (χ1v) is 9.47. The van der Waals surface area contributed by atoms with Gasteiger partial charge in [-0.2, -0.15) is 13.2 Å².